The van der Waals surface area contributed by atoms with Crippen molar-refractivity contribution < 1.29 is 14.6 Å². The average Bonchev–Trinajstić information content (AvgIpc) is 2.37. The van der Waals surface area contributed by atoms with Crippen LogP contribution in [0.25, 0.3) is 0 Å². The van der Waals surface area contributed by atoms with Gasteiger partial charge in [0.15, 0.2) is 0 Å². The minimum atomic E-state index is -0.749. The molecule has 1 N–H and O–H groups in total. The lowest BCUT2D eigenvalue weighted by atomic mass is 10.1. The van der Waals surface area contributed by atoms with Crippen LogP contribution in [0.5, 0.6) is 5.75 Å². The Morgan fingerprint density at radius 1 is 1.45 bits per heavy atom. The number of rotatable bonds is 8. The number of carbonyl (C=O) groups is 1. The molecule has 0 radical (unpaired) electrons. The van der Waals surface area contributed by atoms with E-state index in [-0.39, 0.29) is 6.42 Å². The number of hydrogen-bond acceptors (Lipinski definition) is 3. The first kappa shape index (κ1) is 16.8. The maximum atomic E-state index is 10.6. The summed E-state index contributed by atoms with van der Waals surface area (Å²) in [6.07, 6.45) is 0.851. The lowest BCUT2D eigenvalue weighted by Crippen LogP contribution is -2.31. The molecule has 112 valence electrons. The number of ether oxygens (including phenoxy) is 1. The van der Waals surface area contributed by atoms with E-state index in [1.165, 1.54) is 0 Å². The maximum Gasteiger partial charge on any atom is 0.303 e. The van der Waals surface area contributed by atoms with Crippen molar-refractivity contribution >= 4 is 17.6 Å². The largest absolute Gasteiger partial charge is 0.495 e. The first-order valence-corrected chi connectivity index (χ1v) is 7.10. The van der Waals surface area contributed by atoms with Gasteiger partial charge in [0, 0.05) is 19.0 Å². The van der Waals surface area contributed by atoms with Crippen molar-refractivity contribution in [1.29, 1.82) is 0 Å². The second kappa shape index (κ2) is 8.12. The van der Waals surface area contributed by atoms with E-state index in [2.05, 4.69) is 18.7 Å². The molecule has 0 bridgehead atoms. The van der Waals surface area contributed by atoms with Crippen molar-refractivity contribution in [2.75, 3.05) is 13.7 Å². The number of carboxylic acids is 1. The summed E-state index contributed by atoms with van der Waals surface area (Å²) >= 11 is 6.12. The topological polar surface area (TPSA) is 49.8 Å². The van der Waals surface area contributed by atoms with Crippen molar-refractivity contribution in [2.24, 2.45) is 0 Å². The van der Waals surface area contributed by atoms with Gasteiger partial charge in [0.05, 0.1) is 12.1 Å². The van der Waals surface area contributed by atoms with Gasteiger partial charge in [-0.05, 0) is 44.5 Å². The Bertz CT molecular complexity index is 449. The summed E-state index contributed by atoms with van der Waals surface area (Å²) in [7, 11) is 1.59. The number of aliphatic carboxylic acids is 1. The van der Waals surface area contributed by atoms with Gasteiger partial charge < -0.3 is 9.84 Å². The van der Waals surface area contributed by atoms with Crippen molar-refractivity contribution in [2.45, 2.75) is 39.3 Å². The number of hydrogen-bond donors (Lipinski definition) is 1. The fraction of sp³-hybridized carbons (Fsp3) is 0.533. The fourth-order valence-corrected chi connectivity index (χ4v) is 2.28. The summed E-state index contributed by atoms with van der Waals surface area (Å²) in [5, 5.41) is 9.30. The smallest absolute Gasteiger partial charge is 0.303 e. The highest BCUT2D eigenvalue weighted by molar-refractivity contribution is 6.32. The monoisotopic (exact) mass is 299 g/mol. The van der Waals surface area contributed by atoms with E-state index in [1.54, 1.807) is 7.11 Å². The Morgan fingerprint density at radius 3 is 2.65 bits per heavy atom. The van der Waals surface area contributed by atoms with Gasteiger partial charge in [0.1, 0.15) is 5.75 Å². The van der Waals surface area contributed by atoms with Crippen molar-refractivity contribution in [3.05, 3.63) is 28.8 Å². The van der Waals surface area contributed by atoms with E-state index >= 15 is 0 Å². The molecule has 0 spiro atoms. The second-order valence-electron chi connectivity index (χ2n) is 5.03. The number of benzene rings is 1. The molecule has 5 heteroatoms. The first-order valence-electron chi connectivity index (χ1n) is 6.72. The molecule has 0 saturated heterocycles. The molecule has 1 rings (SSSR count). The van der Waals surface area contributed by atoms with E-state index < -0.39 is 5.97 Å². The number of nitrogens with zero attached hydrogens (tertiary/aromatic N) is 1. The van der Waals surface area contributed by atoms with Crippen LogP contribution in [-0.2, 0) is 11.3 Å². The normalized spacial score (nSPS) is 11.1. The average molecular weight is 300 g/mol. The maximum absolute atomic E-state index is 10.6. The minimum absolute atomic E-state index is 0.201. The summed E-state index contributed by atoms with van der Waals surface area (Å²) in [6, 6.07) is 6.09. The minimum Gasteiger partial charge on any atom is -0.495 e. The van der Waals surface area contributed by atoms with Gasteiger partial charge in [0.2, 0.25) is 0 Å². The molecule has 0 aromatic heterocycles. The Morgan fingerprint density at radius 2 is 2.15 bits per heavy atom. The third-order valence-corrected chi connectivity index (χ3v) is 3.46. The third-order valence-electron chi connectivity index (χ3n) is 3.17. The summed E-state index contributed by atoms with van der Waals surface area (Å²) in [5.74, 6) is -0.0846. The van der Waals surface area contributed by atoms with Crippen LogP contribution < -0.4 is 4.74 Å². The molecule has 0 atom stereocenters. The highest BCUT2D eigenvalue weighted by Crippen LogP contribution is 2.25. The van der Waals surface area contributed by atoms with Crippen LogP contribution in [0.15, 0.2) is 18.2 Å². The van der Waals surface area contributed by atoms with Crippen molar-refractivity contribution in [1.82, 2.24) is 4.90 Å². The van der Waals surface area contributed by atoms with E-state index in [0.717, 1.165) is 18.7 Å². The third kappa shape index (κ3) is 5.39. The fourth-order valence-electron chi connectivity index (χ4n) is 2.00. The summed E-state index contributed by atoms with van der Waals surface area (Å²) < 4.78 is 5.13. The molecule has 0 aliphatic rings. The standard InChI is InChI=1S/C15H22ClNO3/c1-11(2)17(8-4-5-15(18)19)10-12-6-7-14(20-3)13(16)9-12/h6-7,9,11H,4-5,8,10H2,1-3H3,(H,18,19). The van der Waals surface area contributed by atoms with Gasteiger partial charge in [-0.2, -0.15) is 0 Å². The first-order chi connectivity index (χ1) is 9.43. The zero-order chi connectivity index (χ0) is 15.1. The molecular weight excluding hydrogens is 278 g/mol. The summed E-state index contributed by atoms with van der Waals surface area (Å²) in [4.78, 5) is 12.8. The number of carboxylic acid groups (broad SMARTS) is 1. The van der Waals surface area contributed by atoms with E-state index in [4.69, 9.17) is 21.4 Å². The van der Waals surface area contributed by atoms with Crippen molar-refractivity contribution in [3.63, 3.8) is 0 Å². The lowest BCUT2D eigenvalue weighted by Gasteiger charge is -2.26. The SMILES string of the molecule is COc1ccc(CN(CCCC(=O)O)C(C)C)cc1Cl. The molecule has 4 nitrogen and oxygen atoms in total. The summed E-state index contributed by atoms with van der Waals surface area (Å²) in [5.41, 5.74) is 1.10. The van der Waals surface area contributed by atoms with E-state index in [1.807, 2.05) is 18.2 Å². The predicted octanol–water partition coefficient (Wildman–Crippen LogP) is 3.42. The molecule has 0 aliphatic heterocycles. The van der Waals surface area contributed by atoms with Crippen LogP contribution >= 0.6 is 11.6 Å². The van der Waals surface area contributed by atoms with Gasteiger partial charge in [-0.1, -0.05) is 17.7 Å². The molecule has 0 fully saturated rings. The van der Waals surface area contributed by atoms with Crippen LogP contribution in [0, 0.1) is 0 Å². The summed E-state index contributed by atoms with van der Waals surface area (Å²) in [6.45, 7) is 5.71. The quantitative estimate of drug-likeness (QED) is 0.799. The molecule has 0 saturated carbocycles. The molecule has 0 aliphatic carbocycles. The van der Waals surface area contributed by atoms with Crippen LogP contribution in [0.2, 0.25) is 5.02 Å². The highest BCUT2D eigenvalue weighted by Gasteiger charge is 2.12. The Labute approximate surface area is 125 Å². The van der Waals surface area contributed by atoms with Gasteiger partial charge in [-0.3, -0.25) is 9.69 Å². The molecular formula is C15H22ClNO3. The van der Waals surface area contributed by atoms with Crippen molar-refractivity contribution in [3.8, 4) is 5.75 Å². The number of methoxy groups -OCH3 is 1. The van der Waals surface area contributed by atoms with Crippen LogP contribution in [0.4, 0.5) is 0 Å². The van der Waals surface area contributed by atoms with Crippen LogP contribution in [-0.4, -0.2) is 35.7 Å². The Hall–Kier alpha value is -1.26. The Kier molecular flexibility index (Phi) is 6.82. The highest BCUT2D eigenvalue weighted by atomic mass is 35.5. The molecule has 0 unspecified atom stereocenters. The predicted molar refractivity (Wildman–Crippen MR) is 80.4 cm³/mol. The molecule has 20 heavy (non-hydrogen) atoms. The number of halogens is 1. The van der Waals surface area contributed by atoms with Gasteiger partial charge in [-0.15, -0.1) is 0 Å². The van der Waals surface area contributed by atoms with E-state index in [9.17, 15) is 4.79 Å². The van der Waals surface area contributed by atoms with E-state index in [0.29, 0.717) is 23.2 Å². The van der Waals surface area contributed by atoms with Crippen LogP contribution in [0.3, 0.4) is 0 Å². The zero-order valence-electron chi connectivity index (χ0n) is 12.2. The zero-order valence-corrected chi connectivity index (χ0v) is 13.0. The second-order valence-corrected chi connectivity index (χ2v) is 5.44. The molecule has 0 amide bonds. The van der Waals surface area contributed by atoms with Gasteiger partial charge >= 0.3 is 5.97 Å². The van der Waals surface area contributed by atoms with Gasteiger partial charge in [0.25, 0.3) is 0 Å². The molecule has 1 aromatic rings. The van der Waals surface area contributed by atoms with Gasteiger partial charge in [-0.25, -0.2) is 0 Å². The lowest BCUT2D eigenvalue weighted by molar-refractivity contribution is -0.137. The Balaban J connectivity index is 2.65. The van der Waals surface area contributed by atoms with Crippen LogP contribution in [0.1, 0.15) is 32.3 Å². The molecule has 0 heterocycles. The molecule has 1 aromatic carbocycles.